The van der Waals surface area contributed by atoms with Crippen LogP contribution in [0.25, 0.3) is 0 Å². The smallest absolute Gasteiger partial charge is 0.282 e. The van der Waals surface area contributed by atoms with E-state index < -0.39 is 0 Å². The van der Waals surface area contributed by atoms with Crippen LogP contribution < -0.4 is 9.80 Å². The van der Waals surface area contributed by atoms with Gasteiger partial charge in [0.2, 0.25) is 0 Å². The Kier molecular flexibility index (Phi) is 5.71. The summed E-state index contributed by atoms with van der Waals surface area (Å²) in [6.07, 6.45) is 3.31. The minimum absolute atomic E-state index is 0.172. The molecule has 4 rings (SSSR count). The van der Waals surface area contributed by atoms with Gasteiger partial charge in [0.15, 0.2) is 6.54 Å². The van der Waals surface area contributed by atoms with Gasteiger partial charge in [0.25, 0.3) is 5.91 Å². The number of piperidine rings is 1. The summed E-state index contributed by atoms with van der Waals surface area (Å²) in [5, 5.41) is 0.751. The first kappa shape index (κ1) is 21.4. The van der Waals surface area contributed by atoms with Gasteiger partial charge in [0, 0.05) is 21.7 Å². The van der Waals surface area contributed by atoms with Crippen molar-refractivity contribution < 1.29 is 9.69 Å². The first-order valence-electron chi connectivity index (χ1n) is 11.2. The first-order valence-corrected chi connectivity index (χ1v) is 11.6. The molecule has 0 unspecified atom stereocenters. The van der Waals surface area contributed by atoms with Gasteiger partial charge in [0.1, 0.15) is 0 Å². The fourth-order valence-electron chi connectivity index (χ4n) is 5.69. The van der Waals surface area contributed by atoms with Crippen molar-refractivity contribution in [2.75, 3.05) is 24.5 Å². The highest BCUT2D eigenvalue weighted by Crippen LogP contribution is 2.50. The van der Waals surface area contributed by atoms with Crippen molar-refractivity contribution in [3.8, 4) is 0 Å². The minimum atomic E-state index is -0.275. The molecule has 1 saturated heterocycles. The Morgan fingerprint density at radius 2 is 1.70 bits per heavy atom. The van der Waals surface area contributed by atoms with E-state index in [4.69, 9.17) is 11.6 Å². The molecule has 0 bridgehead atoms. The van der Waals surface area contributed by atoms with Crippen LogP contribution in [0.3, 0.4) is 0 Å². The number of para-hydroxylation sites is 1. The molecule has 2 aliphatic rings. The Bertz CT molecular complexity index is 915. The zero-order valence-corrected chi connectivity index (χ0v) is 19.4. The van der Waals surface area contributed by atoms with Crippen molar-refractivity contribution in [3.05, 3.63) is 64.7 Å². The molecule has 2 aromatic rings. The van der Waals surface area contributed by atoms with Gasteiger partial charge in [-0.25, -0.2) is 0 Å². The van der Waals surface area contributed by atoms with Crippen LogP contribution in [0, 0.1) is 5.92 Å². The summed E-state index contributed by atoms with van der Waals surface area (Å²) in [7, 11) is 0. The molecule has 0 aromatic heterocycles. The summed E-state index contributed by atoms with van der Waals surface area (Å²) in [4.78, 5) is 17.1. The number of carbonyl (C=O) groups excluding carboxylic acids is 1. The van der Waals surface area contributed by atoms with Gasteiger partial charge >= 0.3 is 0 Å². The molecule has 1 atom stereocenters. The van der Waals surface area contributed by atoms with Crippen molar-refractivity contribution in [2.24, 2.45) is 5.92 Å². The standard InChI is InChI=1S/C26H33ClN2O/c1-19-13-15-28(16-14-19)17-24(30)29-23-8-6-5-7-22(23)26(4,18-25(29,2)3)20-9-11-21(27)12-10-20/h5-12,19H,13-18H2,1-4H3/p+1/t26-/m0/s1. The average Bonchev–Trinajstić information content (AvgIpc) is 2.69. The van der Waals surface area contributed by atoms with Crippen molar-refractivity contribution in [2.45, 2.75) is 57.9 Å². The molecule has 30 heavy (non-hydrogen) atoms. The highest BCUT2D eigenvalue weighted by molar-refractivity contribution is 6.30. The van der Waals surface area contributed by atoms with E-state index in [1.54, 1.807) is 0 Å². The number of hydrogen-bond acceptors (Lipinski definition) is 1. The van der Waals surface area contributed by atoms with E-state index in [-0.39, 0.29) is 16.9 Å². The van der Waals surface area contributed by atoms with Crippen molar-refractivity contribution >= 4 is 23.2 Å². The number of rotatable bonds is 3. The second-order valence-corrected chi connectivity index (χ2v) is 10.6. The molecule has 160 valence electrons. The molecule has 4 heteroatoms. The van der Waals surface area contributed by atoms with Crippen LogP contribution in [0.4, 0.5) is 5.69 Å². The quantitative estimate of drug-likeness (QED) is 0.770. The molecule has 2 aromatic carbocycles. The number of hydrogen-bond donors (Lipinski definition) is 1. The summed E-state index contributed by atoms with van der Waals surface area (Å²) in [6.45, 7) is 11.8. The third-order valence-corrected chi connectivity index (χ3v) is 7.50. The number of benzene rings is 2. The van der Waals surface area contributed by atoms with E-state index in [1.165, 1.54) is 28.9 Å². The van der Waals surface area contributed by atoms with Gasteiger partial charge in [-0.05, 0) is 68.4 Å². The lowest BCUT2D eigenvalue weighted by Gasteiger charge is -2.51. The second-order valence-electron chi connectivity index (χ2n) is 10.2. The van der Waals surface area contributed by atoms with Crippen LogP contribution in [0.2, 0.25) is 5.02 Å². The van der Waals surface area contributed by atoms with Crippen LogP contribution in [0.5, 0.6) is 0 Å². The number of nitrogens with one attached hydrogen (secondary N) is 1. The van der Waals surface area contributed by atoms with E-state index in [1.807, 2.05) is 12.1 Å². The molecule has 2 aliphatic heterocycles. The summed E-state index contributed by atoms with van der Waals surface area (Å²) in [5.74, 6) is 1.03. The fraction of sp³-hybridized carbons (Fsp3) is 0.500. The molecule has 0 spiro atoms. The maximum absolute atomic E-state index is 13.6. The first-order chi connectivity index (χ1) is 14.2. The zero-order chi connectivity index (χ0) is 21.5. The van der Waals surface area contributed by atoms with Gasteiger partial charge in [-0.2, -0.15) is 0 Å². The van der Waals surface area contributed by atoms with Crippen LogP contribution >= 0.6 is 11.6 Å². The van der Waals surface area contributed by atoms with Crippen LogP contribution in [0.1, 0.15) is 58.1 Å². The monoisotopic (exact) mass is 425 g/mol. The lowest BCUT2D eigenvalue weighted by Crippen LogP contribution is -3.14. The summed E-state index contributed by atoms with van der Waals surface area (Å²) >= 11 is 6.16. The van der Waals surface area contributed by atoms with Gasteiger partial charge < -0.3 is 9.80 Å². The number of quaternary nitrogens is 1. The SMILES string of the molecule is CC1CC[NH+](CC(=O)N2c3ccccc3[C@](C)(c3ccc(Cl)cc3)CC2(C)C)CC1. The number of amides is 1. The third-order valence-electron chi connectivity index (χ3n) is 7.24. The Morgan fingerprint density at radius 1 is 1.07 bits per heavy atom. The van der Waals surface area contributed by atoms with E-state index in [2.05, 4.69) is 69.0 Å². The Morgan fingerprint density at radius 3 is 2.37 bits per heavy atom. The molecule has 1 amide bonds. The lowest BCUT2D eigenvalue weighted by atomic mass is 9.65. The molecule has 1 fully saturated rings. The van der Waals surface area contributed by atoms with Gasteiger partial charge in [-0.3, -0.25) is 4.79 Å². The van der Waals surface area contributed by atoms with Crippen molar-refractivity contribution in [3.63, 3.8) is 0 Å². The average molecular weight is 426 g/mol. The van der Waals surface area contributed by atoms with Crippen LogP contribution in [-0.4, -0.2) is 31.1 Å². The summed E-state index contributed by atoms with van der Waals surface area (Å²) in [5.41, 5.74) is 3.08. The maximum atomic E-state index is 13.6. The Labute approximate surface area is 186 Å². The number of fused-ring (bicyclic) bond motifs is 1. The van der Waals surface area contributed by atoms with E-state index in [0.29, 0.717) is 6.54 Å². The third kappa shape index (κ3) is 3.90. The molecule has 0 radical (unpaired) electrons. The van der Waals surface area contributed by atoms with Gasteiger partial charge in [-0.15, -0.1) is 0 Å². The van der Waals surface area contributed by atoms with Crippen LogP contribution in [-0.2, 0) is 10.2 Å². The molecule has 2 heterocycles. The Hall–Kier alpha value is -1.84. The highest BCUT2D eigenvalue weighted by atomic mass is 35.5. The number of likely N-dealkylation sites (tertiary alicyclic amines) is 1. The highest BCUT2D eigenvalue weighted by Gasteiger charge is 2.48. The number of carbonyl (C=O) groups is 1. The van der Waals surface area contributed by atoms with E-state index in [9.17, 15) is 4.79 Å². The molecule has 3 nitrogen and oxygen atoms in total. The van der Waals surface area contributed by atoms with Crippen LogP contribution in [0.15, 0.2) is 48.5 Å². The van der Waals surface area contributed by atoms with Gasteiger partial charge in [0.05, 0.1) is 13.1 Å². The molecule has 1 N–H and O–H groups in total. The minimum Gasteiger partial charge on any atom is -0.327 e. The van der Waals surface area contributed by atoms with Crippen molar-refractivity contribution in [1.29, 1.82) is 0 Å². The Balaban J connectivity index is 1.70. The lowest BCUT2D eigenvalue weighted by molar-refractivity contribution is -0.898. The molecule has 0 saturated carbocycles. The molecular formula is C26H34ClN2O+. The molecular weight excluding hydrogens is 392 g/mol. The normalized spacial score (nSPS) is 28.1. The fourth-order valence-corrected chi connectivity index (χ4v) is 5.81. The summed E-state index contributed by atoms with van der Waals surface area (Å²) < 4.78 is 0. The predicted molar refractivity (Wildman–Crippen MR) is 124 cm³/mol. The van der Waals surface area contributed by atoms with Crippen molar-refractivity contribution in [1.82, 2.24) is 0 Å². The second kappa shape index (κ2) is 8.01. The van der Waals surface area contributed by atoms with E-state index in [0.717, 1.165) is 36.1 Å². The topological polar surface area (TPSA) is 24.8 Å². The van der Waals surface area contributed by atoms with E-state index >= 15 is 0 Å². The number of halogens is 1. The number of anilines is 1. The van der Waals surface area contributed by atoms with Gasteiger partial charge in [-0.1, -0.05) is 55.8 Å². The largest absolute Gasteiger partial charge is 0.327 e. The maximum Gasteiger partial charge on any atom is 0.282 e. The zero-order valence-electron chi connectivity index (χ0n) is 18.7. The molecule has 0 aliphatic carbocycles. The summed E-state index contributed by atoms with van der Waals surface area (Å²) in [6, 6.07) is 16.7. The predicted octanol–water partition coefficient (Wildman–Crippen LogP) is 4.48. The number of nitrogens with zero attached hydrogens (tertiary/aromatic N) is 1.